The van der Waals surface area contributed by atoms with Crippen molar-refractivity contribution in [2.24, 2.45) is 0 Å². The van der Waals surface area contributed by atoms with E-state index in [0.29, 0.717) is 24.1 Å². The number of nitrogens with one attached hydrogen (secondary N) is 4. The Morgan fingerprint density at radius 2 is 1.89 bits per heavy atom. The monoisotopic (exact) mass is 363 g/mol. The molecule has 27 heavy (non-hydrogen) atoms. The van der Waals surface area contributed by atoms with E-state index in [4.69, 9.17) is 0 Å². The van der Waals surface area contributed by atoms with Crippen molar-refractivity contribution in [3.63, 3.8) is 0 Å². The topological polar surface area (TPSA) is 108 Å². The third kappa shape index (κ3) is 4.41. The Bertz CT molecular complexity index is 931. The number of carbonyl (C=O) groups excluding carboxylic acids is 1. The van der Waals surface area contributed by atoms with Crippen LogP contribution in [0.25, 0.3) is 0 Å². The number of amides is 1. The van der Waals surface area contributed by atoms with Crippen molar-refractivity contribution in [2.75, 3.05) is 16.0 Å². The van der Waals surface area contributed by atoms with Crippen LogP contribution in [0.15, 0.2) is 42.6 Å². The van der Waals surface area contributed by atoms with Crippen LogP contribution in [0.4, 0.5) is 29.0 Å². The minimum Gasteiger partial charge on any atom is -0.326 e. The van der Waals surface area contributed by atoms with Crippen molar-refractivity contribution < 1.29 is 4.79 Å². The SMILES string of the molecule is CCC(=O)Nc1ccc(Nc2nccc(Nc3cc(C4CC4)[nH]n3)n2)cc1. The molecule has 1 aliphatic rings. The van der Waals surface area contributed by atoms with Crippen LogP contribution in [-0.2, 0) is 4.79 Å². The number of benzene rings is 1. The van der Waals surface area contributed by atoms with Crippen molar-refractivity contribution in [2.45, 2.75) is 32.1 Å². The number of rotatable bonds is 7. The van der Waals surface area contributed by atoms with Gasteiger partial charge in [0, 0.05) is 41.7 Å². The predicted octanol–water partition coefficient (Wildman–Crippen LogP) is 3.91. The van der Waals surface area contributed by atoms with E-state index in [2.05, 4.69) is 36.1 Å². The van der Waals surface area contributed by atoms with Gasteiger partial charge in [-0.1, -0.05) is 6.92 Å². The van der Waals surface area contributed by atoms with E-state index < -0.39 is 0 Å². The van der Waals surface area contributed by atoms with E-state index in [0.717, 1.165) is 17.2 Å². The summed E-state index contributed by atoms with van der Waals surface area (Å²) < 4.78 is 0. The first-order chi connectivity index (χ1) is 13.2. The minimum atomic E-state index is -0.0129. The lowest BCUT2D eigenvalue weighted by Gasteiger charge is -2.08. The lowest BCUT2D eigenvalue weighted by atomic mass is 10.2. The molecule has 0 bridgehead atoms. The zero-order chi connectivity index (χ0) is 18.6. The summed E-state index contributed by atoms with van der Waals surface area (Å²) in [4.78, 5) is 20.1. The molecule has 1 saturated carbocycles. The van der Waals surface area contributed by atoms with Gasteiger partial charge in [-0.25, -0.2) is 4.98 Å². The summed E-state index contributed by atoms with van der Waals surface area (Å²) in [5.41, 5.74) is 2.76. The molecule has 0 radical (unpaired) electrons. The normalized spacial score (nSPS) is 13.2. The zero-order valence-corrected chi connectivity index (χ0v) is 15.0. The Balaban J connectivity index is 1.40. The first-order valence-electron chi connectivity index (χ1n) is 9.02. The smallest absolute Gasteiger partial charge is 0.229 e. The minimum absolute atomic E-state index is 0.0129. The van der Waals surface area contributed by atoms with Crippen LogP contribution < -0.4 is 16.0 Å². The third-order valence-corrected chi connectivity index (χ3v) is 4.27. The second-order valence-corrected chi connectivity index (χ2v) is 6.48. The van der Waals surface area contributed by atoms with Crippen molar-refractivity contribution in [3.8, 4) is 0 Å². The molecule has 8 heteroatoms. The number of nitrogens with zero attached hydrogens (tertiary/aromatic N) is 3. The van der Waals surface area contributed by atoms with Crippen molar-refractivity contribution in [1.29, 1.82) is 0 Å². The molecule has 0 aliphatic heterocycles. The van der Waals surface area contributed by atoms with Crippen molar-refractivity contribution in [3.05, 3.63) is 48.3 Å². The first kappa shape index (κ1) is 17.0. The molecule has 2 aromatic heterocycles. The Morgan fingerprint density at radius 1 is 1.11 bits per heavy atom. The molecule has 0 atom stereocenters. The number of aromatic amines is 1. The van der Waals surface area contributed by atoms with Gasteiger partial charge in [0.25, 0.3) is 0 Å². The maximum absolute atomic E-state index is 11.4. The molecular formula is C19H21N7O. The Kier molecular flexibility index (Phi) is 4.69. The van der Waals surface area contributed by atoms with Crippen molar-refractivity contribution >= 4 is 34.9 Å². The Hall–Kier alpha value is -3.42. The predicted molar refractivity (Wildman–Crippen MR) is 105 cm³/mol. The lowest BCUT2D eigenvalue weighted by molar-refractivity contribution is -0.115. The average Bonchev–Trinajstić information content (AvgIpc) is 3.43. The van der Waals surface area contributed by atoms with Gasteiger partial charge < -0.3 is 16.0 Å². The number of hydrogen-bond donors (Lipinski definition) is 4. The molecular weight excluding hydrogens is 342 g/mol. The van der Waals surface area contributed by atoms with Gasteiger partial charge in [-0.2, -0.15) is 10.1 Å². The van der Waals surface area contributed by atoms with E-state index in [1.807, 2.05) is 37.3 Å². The van der Waals surface area contributed by atoms with Gasteiger partial charge in [-0.05, 0) is 43.2 Å². The largest absolute Gasteiger partial charge is 0.326 e. The summed E-state index contributed by atoms with van der Waals surface area (Å²) in [6.07, 6.45) is 4.59. The molecule has 0 spiro atoms. The highest BCUT2D eigenvalue weighted by Gasteiger charge is 2.25. The third-order valence-electron chi connectivity index (χ3n) is 4.27. The molecule has 1 amide bonds. The van der Waals surface area contributed by atoms with Gasteiger partial charge in [0.05, 0.1) is 0 Å². The molecule has 2 heterocycles. The second-order valence-electron chi connectivity index (χ2n) is 6.48. The van der Waals surface area contributed by atoms with Gasteiger partial charge in [0.15, 0.2) is 5.82 Å². The molecule has 1 aliphatic carbocycles. The van der Waals surface area contributed by atoms with Gasteiger partial charge >= 0.3 is 0 Å². The molecule has 138 valence electrons. The highest BCUT2D eigenvalue weighted by molar-refractivity contribution is 5.90. The van der Waals surface area contributed by atoms with Crippen LogP contribution in [0.2, 0.25) is 0 Å². The van der Waals surface area contributed by atoms with E-state index in [9.17, 15) is 4.79 Å². The van der Waals surface area contributed by atoms with Crippen LogP contribution >= 0.6 is 0 Å². The zero-order valence-electron chi connectivity index (χ0n) is 15.0. The summed E-state index contributed by atoms with van der Waals surface area (Å²) in [6.45, 7) is 1.82. The number of H-pyrrole nitrogens is 1. The van der Waals surface area contributed by atoms with Crippen LogP contribution in [0.5, 0.6) is 0 Å². The average molecular weight is 363 g/mol. The summed E-state index contributed by atoms with van der Waals surface area (Å²) in [5, 5.41) is 16.5. The quantitative estimate of drug-likeness (QED) is 0.507. The lowest BCUT2D eigenvalue weighted by Crippen LogP contribution is -2.09. The number of aromatic nitrogens is 4. The molecule has 1 fully saturated rings. The van der Waals surface area contributed by atoms with Crippen LogP contribution in [0.3, 0.4) is 0 Å². The molecule has 4 N–H and O–H groups in total. The van der Waals surface area contributed by atoms with Gasteiger partial charge in [0.2, 0.25) is 11.9 Å². The summed E-state index contributed by atoms with van der Waals surface area (Å²) in [5.74, 6) is 2.50. The molecule has 0 unspecified atom stereocenters. The Labute approximate surface area is 156 Å². The van der Waals surface area contributed by atoms with E-state index in [-0.39, 0.29) is 5.91 Å². The molecule has 3 aromatic rings. The van der Waals surface area contributed by atoms with Crippen LogP contribution in [-0.4, -0.2) is 26.1 Å². The fourth-order valence-electron chi connectivity index (χ4n) is 2.64. The fourth-order valence-corrected chi connectivity index (χ4v) is 2.64. The van der Waals surface area contributed by atoms with Gasteiger partial charge in [-0.3, -0.25) is 9.89 Å². The Morgan fingerprint density at radius 3 is 2.63 bits per heavy atom. The molecule has 8 nitrogen and oxygen atoms in total. The van der Waals surface area contributed by atoms with Gasteiger partial charge in [-0.15, -0.1) is 0 Å². The van der Waals surface area contributed by atoms with E-state index in [1.165, 1.54) is 18.5 Å². The number of hydrogen-bond acceptors (Lipinski definition) is 6. The van der Waals surface area contributed by atoms with E-state index >= 15 is 0 Å². The first-order valence-corrected chi connectivity index (χ1v) is 9.02. The van der Waals surface area contributed by atoms with E-state index in [1.54, 1.807) is 12.3 Å². The number of carbonyl (C=O) groups is 1. The standard InChI is InChI=1S/C19H21N7O/c1-2-18(27)21-13-5-7-14(8-6-13)22-19-20-10-9-16(24-19)23-17-11-15(25-26-17)12-3-4-12/h5-12H,2-4H2,1H3,(H,21,27)(H3,20,22,23,24,25,26). The maximum Gasteiger partial charge on any atom is 0.229 e. The molecule has 1 aromatic carbocycles. The second kappa shape index (κ2) is 7.45. The summed E-state index contributed by atoms with van der Waals surface area (Å²) in [6, 6.07) is 11.2. The van der Waals surface area contributed by atoms with Crippen LogP contribution in [0.1, 0.15) is 37.8 Å². The summed E-state index contributed by atoms with van der Waals surface area (Å²) >= 11 is 0. The fraction of sp³-hybridized carbons (Fsp3) is 0.263. The maximum atomic E-state index is 11.4. The van der Waals surface area contributed by atoms with Gasteiger partial charge in [0.1, 0.15) is 5.82 Å². The molecule has 4 rings (SSSR count). The summed E-state index contributed by atoms with van der Waals surface area (Å²) in [7, 11) is 0. The number of anilines is 5. The van der Waals surface area contributed by atoms with Crippen LogP contribution in [0, 0.1) is 0 Å². The molecule has 0 saturated heterocycles. The van der Waals surface area contributed by atoms with Crippen molar-refractivity contribution in [1.82, 2.24) is 20.2 Å². The highest BCUT2D eigenvalue weighted by Crippen LogP contribution is 2.39. The highest BCUT2D eigenvalue weighted by atomic mass is 16.1.